The van der Waals surface area contributed by atoms with Gasteiger partial charge in [-0.1, -0.05) is 12.1 Å². The molecule has 142 valence electrons. The smallest absolute Gasteiger partial charge is 0.253 e. The molecule has 0 atom stereocenters. The van der Waals surface area contributed by atoms with Gasteiger partial charge in [0.25, 0.3) is 5.91 Å². The lowest BCUT2D eigenvalue weighted by atomic mass is 9.95. The number of pyridine rings is 1. The van der Waals surface area contributed by atoms with Crippen LogP contribution in [-0.4, -0.2) is 40.0 Å². The highest BCUT2D eigenvalue weighted by Crippen LogP contribution is 2.21. The molecule has 2 N–H and O–H groups in total. The number of aromatic hydroxyl groups is 1. The van der Waals surface area contributed by atoms with E-state index < -0.39 is 0 Å². The van der Waals surface area contributed by atoms with Gasteiger partial charge in [-0.2, -0.15) is 0 Å². The van der Waals surface area contributed by atoms with E-state index in [4.69, 9.17) is 0 Å². The summed E-state index contributed by atoms with van der Waals surface area (Å²) in [5.41, 5.74) is 4.23. The predicted octanol–water partition coefficient (Wildman–Crippen LogP) is 3.06. The number of rotatable bonds is 4. The summed E-state index contributed by atoms with van der Waals surface area (Å²) in [6.45, 7) is 2.73. The van der Waals surface area contributed by atoms with Crippen LogP contribution in [0.3, 0.4) is 0 Å². The highest BCUT2D eigenvalue weighted by atomic mass is 16.3. The van der Waals surface area contributed by atoms with Gasteiger partial charge in [0, 0.05) is 37.6 Å². The fraction of sp³-hybridized carbons (Fsp3) is 0.455. The molecule has 1 saturated heterocycles. The molecule has 1 aliphatic heterocycles. The first kappa shape index (κ1) is 18.0. The van der Waals surface area contributed by atoms with Crippen molar-refractivity contribution in [3.8, 4) is 5.75 Å². The maximum absolute atomic E-state index is 12.6. The first-order valence-corrected chi connectivity index (χ1v) is 9.96. The average molecular weight is 365 g/mol. The molecule has 5 heteroatoms. The lowest BCUT2D eigenvalue weighted by Gasteiger charge is -2.32. The molecule has 0 saturated carbocycles. The van der Waals surface area contributed by atoms with E-state index in [9.17, 15) is 9.90 Å². The number of carbonyl (C=O) groups excluding carboxylic acids is 1. The van der Waals surface area contributed by atoms with Crippen LogP contribution in [0, 0.1) is 0 Å². The minimum Gasteiger partial charge on any atom is -0.508 e. The van der Waals surface area contributed by atoms with E-state index in [1.54, 1.807) is 12.3 Å². The second kappa shape index (κ2) is 8.09. The molecule has 1 amide bonds. The molecule has 2 aliphatic rings. The average Bonchev–Trinajstić information content (AvgIpc) is 2.69. The van der Waals surface area contributed by atoms with Crippen molar-refractivity contribution in [1.82, 2.24) is 15.2 Å². The van der Waals surface area contributed by atoms with E-state index in [1.165, 1.54) is 18.4 Å². The third-order valence-electron chi connectivity index (χ3n) is 5.67. The van der Waals surface area contributed by atoms with E-state index in [0.717, 1.165) is 56.6 Å². The highest BCUT2D eigenvalue weighted by molar-refractivity contribution is 5.94. The Balaban J connectivity index is 1.29. The fourth-order valence-corrected chi connectivity index (χ4v) is 4.13. The molecule has 0 unspecified atom stereocenters. The number of phenolic OH excluding ortho intramolecular Hbond substituents is 1. The molecule has 1 fully saturated rings. The Morgan fingerprint density at radius 3 is 2.81 bits per heavy atom. The number of aryl methyl sites for hydroxylation is 2. The van der Waals surface area contributed by atoms with Crippen molar-refractivity contribution in [2.75, 3.05) is 13.1 Å². The van der Waals surface area contributed by atoms with Gasteiger partial charge in [0.2, 0.25) is 0 Å². The summed E-state index contributed by atoms with van der Waals surface area (Å²) in [5.74, 6) is 0.315. The summed E-state index contributed by atoms with van der Waals surface area (Å²) in [5, 5.41) is 12.8. The van der Waals surface area contributed by atoms with Crippen LogP contribution in [0.1, 0.15) is 52.9 Å². The first-order valence-electron chi connectivity index (χ1n) is 9.96. The molecular formula is C22H27N3O2. The van der Waals surface area contributed by atoms with Crippen molar-refractivity contribution >= 4 is 5.91 Å². The lowest BCUT2D eigenvalue weighted by Crippen LogP contribution is -2.44. The van der Waals surface area contributed by atoms with E-state index in [1.807, 2.05) is 24.3 Å². The summed E-state index contributed by atoms with van der Waals surface area (Å²) < 4.78 is 0. The molecule has 1 aromatic carbocycles. The van der Waals surface area contributed by atoms with Gasteiger partial charge in [0.05, 0.1) is 5.56 Å². The Hall–Kier alpha value is -2.40. The summed E-state index contributed by atoms with van der Waals surface area (Å²) >= 11 is 0. The standard InChI is InChI=1S/C22H27N3O2/c26-20-6-3-4-16(12-20)15-25-10-8-19(9-11-25)24-22(27)18-13-17-5-1-2-7-21(17)23-14-18/h3-4,6,12-14,19,26H,1-2,5,7-11,15H2,(H,24,27). The van der Waals surface area contributed by atoms with Gasteiger partial charge in [-0.05, 0) is 67.9 Å². The zero-order chi connectivity index (χ0) is 18.6. The maximum Gasteiger partial charge on any atom is 0.253 e. The van der Waals surface area contributed by atoms with E-state index in [0.29, 0.717) is 11.3 Å². The van der Waals surface area contributed by atoms with Gasteiger partial charge in [0.15, 0.2) is 0 Å². The number of hydrogen-bond donors (Lipinski definition) is 2. The van der Waals surface area contributed by atoms with Crippen molar-refractivity contribution in [1.29, 1.82) is 0 Å². The van der Waals surface area contributed by atoms with Crippen LogP contribution in [0.4, 0.5) is 0 Å². The topological polar surface area (TPSA) is 65.5 Å². The number of nitrogens with one attached hydrogen (secondary N) is 1. The van der Waals surface area contributed by atoms with Gasteiger partial charge in [0.1, 0.15) is 5.75 Å². The minimum atomic E-state index is 0.00213. The molecule has 0 bridgehead atoms. The van der Waals surface area contributed by atoms with Gasteiger partial charge in [-0.15, -0.1) is 0 Å². The molecule has 2 aromatic rings. The summed E-state index contributed by atoms with van der Waals surface area (Å²) in [6.07, 6.45) is 8.10. The molecule has 27 heavy (non-hydrogen) atoms. The summed E-state index contributed by atoms with van der Waals surface area (Å²) in [6, 6.07) is 9.68. The molecule has 0 spiro atoms. The summed E-state index contributed by atoms with van der Waals surface area (Å²) in [7, 11) is 0. The minimum absolute atomic E-state index is 0.00213. The molecule has 2 heterocycles. The molecule has 5 nitrogen and oxygen atoms in total. The first-order chi connectivity index (χ1) is 13.2. The summed E-state index contributed by atoms with van der Waals surface area (Å²) in [4.78, 5) is 19.5. The van der Waals surface area contributed by atoms with E-state index in [2.05, 4.69) is 15.2 Å². The van der Waals surface area contributed by atoms with Crippen molar-refractivity contribution < 1.29 is 9.90 Å². The van der Waals surface area contributed by atoms with Crippen LogP contribution in [0.5, 0.6) is 5.75 Å². The SMILES string of the molecule is O=C(NC1CCN(Cc2cccc(O)c2)CC1)c1cnc2c(c1)CCCC2. The number of fused-ring (bicyclic) bond motifs is 1. The van der Waals surface area contributed by atoms with Crippen LogP contribution in [0.2, 0.25) is 0 Å². The number of hydrogen-bond acceptors (Lipinski definition) is 4. The lowest BCUT2D eigenvalue weighted by molar-refractivity contribution is 0.0908. The van der Waals surface area contributed by atoms with E-state index >= 15 is 0 Å². The van der Waals surface area contributed by atoms with Gasteiger partial charge in [-0.3, -0.25) is 14.7 Å². The van der Waals surface area contributed by atoms with Crippen LogP contribution in [-0.2, 0) is 19.4 Å². The van der Waals surface area contributed by atoms with Crippen molar-refractivity contribution in [2.45, 2.75) is 51.1 Å². The van der Waals surface area contributed by atoms with Crippen molar-refractivity contribution in [2.24, 2.45) is 0 Å². The number of carbonyl (C=O) groups is 1. The predicted molar refractivity (Wildman–Crippen MR) is 105 cm³/mol. The van der Waals surface area contributed by atoms with Crippen LogP contribution in [0.15, 0.2) is 36.5 Å². The maximum atomic E-state index is 12.6. The number of piperidine rings is 1. The normalized spacial score (nSPS) is 18.1. The Labute approximate surface area is 160 Å². The quantitative estimate of drug-likeness (QED) is 0.874. The number of aromatic nitrogens is 1. The van der Waals surface area contributed by atoms with Crippen molar-refractivity contribution in [3.63, 3.8) is 0 Å². The molecule has 4 rings (SSSR count). The van der Waals surface area contributed by atoms with Gasteiger partial charge < -0.3 is 10.4 Å². The second-order valence-corrected chi connectivity index (χ2v) is 7.73. The fourth-order valence-electron chi connectivity index (χ4n) is 4.13. The molecular weight excluding hydrogens is 338 g/mol. The Morgan fingerprint density at radius 2 is 2.00 bits per heavy atom. The third-order valence-corrected chi connectivity index (χ3v) is 5.67. The third kappa shape index (κ3) is 4.48. The Morgan fingerprint density at radius 1 is 1.19 bits per heavy atom. The number of benzene rings is 1. The van der Waals surface area contributed by atoms with Gasteiger partial charge >= 0.3 is 0 Å². The van der Waals surface area contributed by atoms with Crippen LogP contribution < -0.4 is 5.32 Å². The number of likely N-dealkylation sites (tertiary alicyclic amines) is 1. The zero-order valence-electron chi connectivity index (χ0n) is 15.7. The van der Waals surface area contributed by atoms with Crippen molar-refractivity contribution in [3.05, 3.63) is 58.9 Å². The van der Waals surface area contributed by atoms with E-state index in [-0.39, 0.29) is 11.9 Å². The second-order valence-electron chi connectivity index (χ2n) is 7.73. The Kier molecular flexibility index (Phi) is 5.39. The molecule has 1 aliphatic carbocycles. The zero-order valence-corrected chi connectivity index (χ0v) is 15.7. The number of phenols is 1. The van der Waals surface area contributed by atoms with Crippen LogP contribution in [0.25, 0.3) is 0 Å². The highest BCUT2D eigenvalue weighted by Gasteiger charge is 2.22. The van der Waals surface area contributed by atoms with Gasteiger partial charge in [-0.25, -0.2) is 0 Å². The largest absolute Gasteiger partial charge is 0.508 e. The molecule has 0 radical (unpaired) electrons. The monoisotopic (exact) mass is 365 g/mol. The Bertz CT molecular complexity index is 813. The molecule has 1 aromatic heterocycles. The number of nitrogens with zero attached hydrogens (tertiary/aromatic N) is 2. The number of amides is 1. The van der Waals surface area contributed by atoms with Crippen LogP contribution >= 0.6 is 0 Å².